The first-order chi connectivity index (χ1) is 13.8. The van der Waals surface area contributed by atoms with Gasteiger partial charge in [0.2, 0.25) is 0 Å². The zero-order chi connectivity index (χ0) is 21.0. The van der Waals surface area contributed by atoms with E-state index in [1.807, 2.05) is 42.5 Å². The SMILES string of the molecule is COC=C(C(=O)OC)c1ccccc1-c1cc(-c2ccc(C(C)(C)C)cc2)on1. The Morgan fingerprint density at radius 3 is 2.34 bits per heavy atom. The minimum Gasteiger partial charge on any atom is -0.503 e. The molecule has 0 saturated carbocycles. The molecule has 5 nitrogen and oxygen atoms in total. The van der Waals surface area contributed by atoms with Gasteiger partial charge in [-0.05, 0) is 11.0 Å². The van der Waals surface area contributed by atoms with Gasteiger partial charge in [0.15, 0.2) is 5.76 Å². The molecule has 0 aliphatic heterocycles. The Balaban J connectivity index is 1.99. The maximum Gasteiger partial charge on any atom is 0.341 e. The summed E-state index contributed by atoms with van der Waals surface area (Å²) in [5, 5.41) is 4.23. The monoisotopic (exact) mass is 391 g/mol. The number of carbonyl (C=O) groups excluding carboxylic acids is 1. The average Bonchev–Trinajstić information content (AvgIpc) is 3.21. The predicted molar refractivity (Wildman–Crippen MR) is 113 cm³/mol. The number of aromatic nitrogens is 1. The first kappa shape index (κ1) is 20.4. The highest BCUT2D eigenvalue weighted by molar-refractivity contribution is 6.17. The number of nitrogens with zero attached hydrogens (tertiary/aromatic N) is 1. The van der Waals surface area contributed by atoms with E-state index < -0.39 is 5.97 Å². The topological polar surface area (TPSA) is 61.6 Å². The van der Waals surface area contributed by atoms with Crippen LogP contribution in [0, 0.1) is 0 Å². The number of hydrogen-bond acceptors (Lipinski definition) is 5. The lowest BCUT2D eigenvalue weighted by Crippen LogP contribution is -2.10. The van der Waals surface area contributed by atoms with Crippen molar-refractivity contribution in [1.29, 1.82) is 0 Å². The zero-order valence-corrected chi connectivity index (χ0v) is 17.4. The highest BCUT2D eigenvalue weighted by Gasteiger charge is 2.20. The second kappa shape index (κ2) is 8.35. The van der Waals surface area contributed by atoms with Gasteiger partial charge in [0, 0.05) is 22.8 Å². The van der Waals surface area contributed by atoms with E-state index in [0.717, 1.165) is 11.1 Å². The Kier molecular flexibility index (Phi) is 5.87. The van der Waals surface area contributed by atoms with Gasteiger partial charge in [-0.25, -0.2) is 4.79 Å². The summed E-state index contributed by atoms with van der Waals surface area (Å²) < 4.78 is 15.6. The summed E-state index contributed by atoms with van der Waals surface area (Å²) in [5.41, 5.74) is 4.62. The van der Waals surface area contributed by atoms with E-state index >= 15 is 0 Å². The number of hydrogen-bond donors (Lipinski definition) is 0. The molecule has 0 saturated heterocycles. The van der Waals surface area contributed by atoms with Crippen LogP contribution in [0.15, 0.2) is 65.4 Å². The third-order valence-electron chi connectivity index (χ3n) is 4.68. The fourth-order valence-corrected chi connectivity index (χ4v) is 3.06. The van der Waals surface area contributed by atoms with E-state index in [9.17, 15) is 4.79 Å². The fraction of sp³-hybridized carbons (Fsp3) is 0.250. The van der Waals surface area contributed by atoms with Crippen molar-refractivity contribution in [2.45, 2.75) is 26.2 Å². The van der Waals surface area contributed by atoms with E-state index in [1.54, 1.807) is 0 Å². The fourth-order valence-electron chi connectivity index (χ4n) is 3.06. The van der Waals surface area contributed by atoms with Gasteiger partial charge < -0.3 is 14.0 Å². The molecule has 29 heavy (non-hydrogen) atoms. The average molecular weight is 391 g/mol. The molecule has 1 heterocycles. The highest BCUT2D eigenvalue weighted by atomic mass is 16.5. The van der Waals surface area contributed by atoms with E-state index in [1.165, 1.54) is 26.0 Å². The van der Waals surface area contributed by atoms with Gasteiger partial charge >= 0.3 is 5.97 Å². The van der Waals surface area contributed by atoms with E-state index in [-0.39, 0.29) is 5.41 Å². The van der Waals surface area contributed by atoms with Crippen molar-refractivity contribution < 1.29 is 18.8 Å². The standard InChI is InChI=1S/C24H25NO4/c1-24(2,3)17-12-10-16(11-13-17)22-14-21(25-29-22)19-9-7-6-8-18(19)20(15-27-4)23(26)28-5/h6-15H,1-5H3. The van der Waals surface area contributed by atoms with Crippen LogP contribution in [0.2, 0.25) is 0 Å². The number of benzene rings is 2. The second-order valence-electron chi connectivity index (χ2n) is 7.71. The van der Waals surface area contributed by atoms with Gasteiger partial charge in [-0.15, -0.1) is 0 Å². The van der Waals surface area contributed by atoms with Gasteiger partial charge in [-0.2, -0.15) is 0 Å². The summed E-state index contributed by atoms with van der Waals surface area (Å²) in [6, 6.07) is 17.6. The molecule has 0 N–H and O–H groups in total. The summed E-state index contributed by atoms with van der Waals surface area (Å²) in [4.78, 5) is 12.2. The molecule has 0 spiro atoms. The molecule has 0 atom stereocenters. The lowest BCUT2D eigenvalue weighted by molar-refractivity contribution is -0.133. The number of carbonyl (C=O) groups is 1. The molecule has 0 amide bonds. The molecule has 2 aromatic carbocycles. The van der Waals surface area contributed by atoms with Crippen LogP contribution in [0.25, 0.3) is 28.2 Å². The van der Waals surface area contributed by atoms with Gasteiger partial charge in [-0.1, -0.05) is 74.5 Å². The third kappa shape index (κ3) is 4.40. The summed E-state index contributed by atoms with van der Waals surface area (Å²) in [6.45, 7) is 6.54. The lowest BCUT2D eigenvalue weighted by atomic mass is 9.86. The Hall–Kier alpha value is -3.34. The Morgan fingerprint density at radius 2 is 1.72 bits per heavy atom. The predicted octanol–water partition coefficient (Wildman–Crippen LogP) is 5.47. The quantitative estimate of drug-likeness (QED) is 0.328. The normalized spacial score (nSPS) is 12.0. The summed E-state index contributed by atoms with van der Waals surface area (Å²) >= 11 is 0. The van der Waals surface area contributed by atoms with Crippen LogP contribution in [-0.2, 0) is 19.7 Å². The van der Waals surface area contributed by atoms with Gasteiger partial charge in [0.05, 0.1) is 20.5 Å². The van der Waals surface area contributed by atoms with Gasteiger partial charge in [0.1, 0.15) is 11.3 Å². The van der Waals surface area contributed by atoms with Crippen molar-refractivity contribution in [1.82, 2.24) is 5.16 Å². The Bertz CT molecular complexity index is 1020. The summed E-state index contributed by atoms with van der Waals surface area (Å²) in [6.07, 6.45) is 1.37. The molecule has 0 aliphatic rings. The molecule has 3 rings (SSSR count). The molecule has 0 unspecified atom stereocenters. The van der Waals surface area contributed by atoms with Crippen molar-refractivity contribution in [2.75, 3.05) is 14.2 Å². The number of ether oxygens (including phenoxy) is 2. The van der Waals surface area contributed by atoms with Crippen molar-refractivity contribution in [3.8, 4) is 22.6 Å². The molecular formula is C24H25NO4. The maximum atomic E-state index is 12.2. The first-order valence-corrected chi connectivity index (χ1v) is 9.34. The molecule has 5 heteroatoms. The molecule has 150 valence electrons. The molecule has 3 aromatic rings. The second-order valence-corrected chi connectivity index (χ2v) is 7.71. The molecular weight excluding hydrogens is 366 g/mol. The minimum absolute atomic E-state index is 0.0853. The maximum absolute atomic E-state index is 12.2. The van der Waals surface area contributed by atoms with Gasteiger partial charge in [0.25, 0.3) is 0 Å². The van der Waals surface area contributed by atoms with Crippen LogP contribution in [0.3, 0.4) is 0 Å². The van der Waals surface area contributed by atoms with Crippen LogP contribution >= 0.6 is 0 Å². The highest BCUT2D eigenvalue weighted by Crippen LogP contribution is 2.32. The first-order valence-electron chi connectivity index (χ1n) is 9.34. The minimum atomic E-state index is -0.485. The Labute approximate surface area is 170 Å². The summed E-state index contributed by atoms with van der Waals surface area (Å²) in [7, 11) is 2.82. The van der Waals surface area contributed by atoms with Crippen LogP contribution < -0.4 is 0 Å². The molecule has 1 aromatic heterocycles. The molecule has 0 fully saturated rings. The van der Waals surface area contributed by atoms with Gasteiger partial charge in [-0.3, -0.25) is 0 Å². The number of methoxy groups -OCH3 is 2. The van der Waals surface area contributed by atoms with Crippen molar-refractivity contribution >= 4 is 11.5 Å². The number of esters is 1. The Morgan fingerprint density at radius 1 is 1.03 bits per heavy atom. The largest absolute Gasteiger partial charge is 0.503 e. The van der Waals surface area contributed by atoms with E-state index in [4.69, 9.17) is 14.0 Å². The van der Waals surface area contributed by atoms with Crippen molar-refractivity contribution in [3.63, 3.8) is 0 Å². The molecule has 0 aliphatic carbocycles. The van der Waals surface area contributed by atoms with Crippen molar-refractivity contribution in [3.05, 3.63) is 72.0 Å². The third-order valence-corrected chi connectivity index (χ3v) is 4.68. The molecule has 0 radical (unpaired) electrons. The molecule has 0 bridgehead atoms. The van der Waals surface area contributed by atoms with Crippen LogP contribution in [0.1, 0.15) is 31.9 Å². The zero-order valence-electron chi connectivity index (χ0n) is 17.4. The van der Waals surface area contributed by atoms with E-state index in [0.29, 0.717) is 22.6 Å². The van der Waals surface area contributed by atoms with E-state index in [2.05, 4.69) is 38.1 Å². The number of rotatable bonds is 5. The van der Waals surface area contributed by atoms with Crippen LogP contribution in [0.5, 0.6) is 0 Å². The van der Waals surface area contributed by atoms with Crippen molar-refractivity contribution in [2.24, 2.45) is 0 Å². The smallest absolute Gasteiger partial charge is 0.341 e. The summed E-state index contributed by atoms with van der Waals surface area (Å²) in [5.74, 6) is 0.173. The lowest BCUT2D eigenvalue weighted by Gasteiger charge is -2.18. The van der Waals surface area contributed by atoms with Crippen LogP contribution in [-0.4, -0.2) is 25.3 Å². The van der Waals surface area contributed by atoms with Crippen LogP contribution in [0.4, 0.5) is 0 Å².